The van der Waals surface area contributed by atoms with Crippen molar-refractivity contribution in [1.82, 2.24) is 24.0 Å². The van der Waals surface area contributed by atoms with Gasteiger partial charge >= 0.3 is 0 Å². The van der Waals surface area contributed by atoms with E-state index in [1.165, 1.54) is 0 Å². The van der Waals surface area contributed by atoms with Gasteiger partial charge in [-0.1, -0.05) is 89.9 Å². The van der Waals surface area contributed by atoms with E-state index in [9.17, 15) is 0 Å². The van der Waals surface area contributed by atoms with E-state index in [4.69, 9.17) is 69.2 Å². The van der Waals surface area contributed by atoms with Gasteiger partial charge in [-0.3, -0.25) is 4.90 Å². The minimum atomic E-state index is -1.50. The summed E-state index contributed by atoms with van der Waals surface area (Å²) in [5.41, 5.74) is 3.28. The molecular weight excluding hydrogens is 675 g/mol. The van der Waals surface area contributed by atoms with Gasteiger partial charge in [0.2, 0.25) is 0 Å². The van der Waals surface area contributed by atoms with E-state index in [2.05, 4.69) is 48.3 Å². The smallest absolute Gasteiger partial charge is 0.291 e. The molecule has 2 heterocycles. The van der Waals surface area contributed by atoms with E-state index in [1.807, 2.05) is 79.4 Å². The van der Waals surface area contributed by atoms with Gasteiger partial charge < -0.3 is 24.8 Å². The highest BCUT2D eigenvalue weighted by Gasteiger charge is 2.13. The summed E-state index contributed by atoms with van der Waals surface area (Å²) in [6.07, 6.45) is 7.80. The lowest BCUT2D eigenvalue weighted by molar-refractivity contribution is -0.742. The van der Waals surface area contributed by atoms with Crippen molar-refractivity contribution in [2.45, 2.75) is 19.6 Å². The summed E-state index contributed by atoms with van der Waals surface area (Å²) in [4.78, 5) is 36.7. The van der Waals surface area contributed by atoms with Crippen LogP contribution in [0.4, 0.5) is 0 Å². The SMILES string of the molecule is Clc1ccc(CN(CCn2ccnc2-c2ccccc2)CCn2ccnc2-c2ccccc2)c(Cl)c1.O=[N+]([O-])O.O=[N+]([O-])O.O=[N+]([O-])O. The van der Waals surface area contributed by atoms with Crippen molar-refractivity contribution >= 4 is 23.2 Å². The molecule has 254 valence electrons. The van der Waals surface area contributed by atoms with E-state index in [-0.39, 0.29) is 0 Å². The van der Waals surface area contributed by atoms with Crippen LogP contribution < -0.4 is 0 Å². The minimum Gasteiger partial charge on any atom is -0.330 e. The number of halogens is 2. The summed E-state index contributed by atoms with van der Waals surface area (Å²) in [5.74, 6) is 1.95. The van der Waals surface area contributed by atoms with E-state index < -0.39 is 15.3 Å². The Hall–Kier alpha value is -5.78. The Kier molecular flexibility index (Phi) is 16.3. The quantitative estimate of drug-likeness (QED) is 0.114. The maximum Gasteiger partial charge on any atom is 0.291 e. The zero-order valence-corrected chi connectivity index (χ0v) is 26.5. The Balaban J connectivity index is 0.000000578. The van der Waals surface area contributed by atoms with Gasteiger partial charge in [0.05, 0.1) is 0 Å². The van der Waals surface area contributed by atoms with Crippen LogP contribution in [0.1, 0.15) is 5.56 Å². The van der Waals surface area contributed by atoms with E-state index in [0.29, 0.717) is 10.0 Å². The highest BCUT2D eigenvalue weighted by Crippen LogP contribution is 2.23. The molecule has 0 spiro atoms. The molecule has 0 fully saturated rings. The van der Waals surface area contributed by atoms with E-state index in [1.54, 1.807) is 0 Å². The number of aromatic nitrogens is 4. The molecule has 17 nitrogen and oxygen atoms in total. The molecule has 0 saturated heterocycles. The second kappa shape index (κ2) is 20.4. The van der Waals surface area contributed by atoms with Crippen LogP contribution in [0.15, 0.2) is 104 Å². The van der Waals surface area contributed by atoms with Gasteiger partial charge in [0, 0.05) is 78.7 Å². The zero-order chi connectivity index (χ0) is 35.5. The van der Waals surface area contributed by atoms with Crippen LogP contribution in [0.25, 0.3) is 22.8 Å². The van der Waals surface area contributed by atoms with Crippen LogP contribution >= 0.6 is 23.2 Å². The lowest BCUT2D eigenvalue weighted by atomic mass is 10.2. The van der Waals surface area contributed by atoms with Gasteiger partial charge in [-0.25, -0.2) is 9.97 Å². The van der Waals surface area contributed by atoms with Gasteiger partial charge in [-0.05, 0) is 17.7 Å². The van der Waals surface area contributed by atoms with Crippen molar-refractivity contribution in [2.24, 2.45) is 0 Å². The Morgan fingerprint density at radius 3 is 1.44 bits per heavy atom. The van der Waals surface area contributed by atoms with Crippen LogP contribution in [-0.2, 0) is 19.6 Å². The second-order valence-electron chi connectivity index (χ2n) is 9.35. The van der Waals surface area contributed by atoms with Crippen molar-refractivity contribution in [2.75, 3.05) is 13.1 Å². The van der Waals surface area contributed by atoms with Gasteiger partial charge in [0.15, 0.2) is 0 Å². The second-order valence-corrected chi connectivity index (χ2v) is 10.2. The fourth-order valence-electron chi connectivity index (χ4n) is 4.33. The van der Waals surface area contributed by atoms with Crippen molar-refractivity contribution in [3.63, 3.8) is 0 Å². The minimum absolute atomic E-state index is 0.645. The van der Waals surface area contributed by atoms with Crippen LogP contribution in [-0.4, -0.2) is 68.0 Å². The summed E-state index contributed by atoms with van der Waals surface area (Å²) in [6.45, 7) is 4.02. The van der Waals surface area contributed by atoms with Gasteiger partial charge in [0.1, 0.15) is 11.6 Å². The Morgan fingerprint density at radius 2 is 1.06 bits per heavy atom. The maximum absolute atomic E-state index is 8.36. The molecule has 0 aliphatic heterocycles. The Morgan fingerprint density at radius 1 is 0.667 bits per heavy atom. The molecule has 3 aromatic carbocycles. The van der Waals surface area contributed by atoms with Crippen LogP contribution in [0.2, 0.25) is 10.0 Å². The number of imidazole rings is 2. The number of hydrogen-bond acceptors (Lipinski definition) is 9. The van der Waals surface area contributed by atoms with Crippen molar-refractivity contribution in [3.05, 3.63) is 150 Å². The monoisotopic (exact) mass is 704 g/mol. The fraction of sp³-hybridized carbons (Fsp3) is 0.172. The summed E-state index contributed by atoms with van der Waals surface area (Å²) in [5, 5.41) is 42.2. The summed E-state index contributed by atoms with van der Waals surface area (Å²) in [6, 6.07) is 26.3. The molecule has 0 unspecified atom stereocenters. The molecule has 0 radical (unpaired) electrons. The summed E-state index contributed by atoms with van der Waals surface area (Å²) in [7, 11) is 0. The van der Waals surface area contributed by atoms with Crippen LogP contribution in [0.5, 0.6) is 0 Å². The lowest BCUT2D eigenvalue weighted by Crippen LogP contribution is -2.30. The molecule has 2 aromatic heterocycles. The maximum atomic E-state index is 8.36. The number of hydrogen-bond donors (Lipinski definition) is 3. The van der Waals surface area contributed by atoms with Gasteiger partial charge in [-0.15, -0.1) is 30.3 Å². The first-order valence-electron chi connectivity index (χ1n) is 13.7. The number of benzene rings is 3. The number of rotatable bonds is 10. The first-order valence-corrected chi connectivity index (χ1v) is 14.4. The van der Waals surface area contributed by atoms with Crippen LogP contribution in [0.3, 0.4) is 0 Å². The standard InChI is InChI=1S/C29H27Cl2N5.3HNO3/c30-26-12-11-25(27(31)21-26)22-34(17-19-35-15-13-32-28(35)23-7-3-1-4-8-23)18-20-36-16-14-33-29(36)24-9-5-2-6-10-24;3*2-1(3)4/h1-16,21H,17-20,22H2;3*(H,2,3,4). The molecule has 0 saturated carbocycles. The molecule has 48 heavy (non-hydrogen) atoms. The predicted octanol–water partition coefficient (Wildman–Crippen LogP) is 5.88. The van der Waals surface area contributed by atoms with Gasteiger partial charge in [0.25, 0.3) is 15.3 Å². The molecule has 0 aliphatic rings. The lowest BCUT2D eigenvalue weighted by Gasteiger charge is -2.24. The van der Waals surface area contributed by atoms with Crippen molar-refractivity contribution in [1.29, 1.82) is 0 Å². The molecular formula is C29H30Cl2N8O9. The first kappa shape index (κ1) is 38.4. The molecule has 0 amide bonds. The molecule has 5 rings (SSSR count). The topological polar surface area (TPSA) is 229 Å². The third-order valence-electron chi connectivity index (χ3n) is 6.22. The van der Waals surface area contributed by atoms with E-state index >= 15 is 0 Å². The Bertz CT molecular complexity index is 1600. The third-order valence-corrected chi connectivity index (χ3v) is 6.81. The number of nitrogens with zero attached hydrogens (tertiary/aromatic N) is 8. The average Bonchev–Trinajstić information content (AvgIpc) is 3.70. The first-order chi connectivity index (χ1) is 22.9. The largest absolute Gasteiger partial charge is 0.330 e. The van der Waals surface area contributed by atoms with E-state index in [0.717, 1.165) is 61.1 Å². The predicted molar refractivity (Wildman–Crippen MR) is 173 cm³/mol. The normalized spacial score (nSPS) is 9.98. The summed E-state index contributed by atoms with van der Waals surface area (Å²) >= 11 is 12.7. The highest BCUT2D eigenvalue weighted by atomic mass is 35.5. The third kappa shape index (κ3) is 14.5. The molecule has 0 bridgehead atoms. The molecule has 19 heteroatoms. The van der Waals surface area contributed by atoms with Crippen LogP contribution in [0, 0.1) is 30.3 Å². The van der Waals surface area contributed by atoms with Gasteiger partial charge in [-0.2, -0.15) is 0 Å². The summed E-state index contributed by atoms with van der Waals surface area (Å²) < 4.78 is 4.41. The highest BCUT2D eigenvalue weighted by molar-refractivity contribution is 6.35. The van der Waals surface area contributed by atoms with Crippen molar-refractivity contribution < 1.29 is 30.9 Å². The molecule has 0 atom stereocenters. The zero-order valence-electron chi connectivity index (χ0n) is 25.0. The molecule has 5 aromatic rings. The molecule has 3 N–H and O–H groups in total. The average molecular weight is 706 g/mol. The molecule has 0 aliphatic carbocycles. The van der Waals surface area contributed by atoms with Crippen molar-refractivity contribution in [3.8, 4) is 22.8 Å². The fourth-order valence-corrected chi connectivity index (χ4v) is 4.80. The Labute approximate surface area is 282 Å².